The highest BCUT2D eigenvalue weighted by Gasteiger charge is 2.27. The third-order valence-electron chi connectivity index (χ3n) is 4.68. The number of hydrogen-bond acceptors (Lipinski definition) is 5. The van der Waals surface area contributed by atoms with Crippen molar-refractivity contribution in [2.45, 2.75) is 13.8 Å². The summed E-state index contributed by atoms with van der Waals surface area (Å²) in [5.74, 6) is 0.103. The molecule has 26 heavy (non-hydrogen) atoms. The quantitative estimate of drug-likeness (QED) is 0.821. The highest BCUT2D eigenvalue weighted by Crippen LogP contribution is 2.16. The van der Waals surface area contributed by atoms with E-state index in [4.69, 9.17) is 4.42 Å². The minimum atomic E-state index is -0.135. The van der Waals surface area contributed by atoms with Crippen LogP contribution in [0.25, 0.3) is 0 Å². The predicted molar refractivity (Wildman–Crippen MR) is 98.3 cm³/mol. The molecule has 1 saturated heterocycles. The van der Waals surface area contributed by atoms with Crippen molar-refractivity contribution in [2.75, 3.05) is 44.2 Å². The fourth-order valence-corrected chi connectivity index (χ4v) is 3.15. The molecule has 3 rings (SSSR count). The van der Waals surface area contributed by atoms with Gasteiger partial charge in [0.1, 0.15) is 5.69 Å². The maximum absolute atomic E-state index is 12.8. The molecular formula is C19H24N4O3. The monoisotopic (exact) mass is 356 g/mol. The standard InChI is InChI=1S/C19H24N4O3/c1-3-21(4-2)15-7-8-20-16(14-15)18(24)22-9-11-23(12-10-22)19(25)17-6-5-13-26-17/h5-8,13-14H,3-4,9-12H2,1-2H3. The third-order valence-corrected chi connectivity index (χ3v) is 4.68. The lowest BCUT2D eigenvalue weighted by Gasteiger charge is -2.34. The van der Waals surface area contributed by atoms with Crippen molar-refractivity contribution < 1.29 is 14.0 Å². The van der Waals surface area contributed by atoms with Crippen LogP contribution in [0.15, 0.2) is 41.1 Å². The molecule has 0 bridgehead atoms. The van der Waals surface area contributed by atoms with Gasteiger partial charge in [-0.3, -0.25) is 14.6 Å². The normalized spacial score (nSPS) is 14.4. The van der Waals surface area contributed by atoms with E-state index >= 15 is 0 Å². The molecule has 1 aliphatic heterocycles. The summed E-state index contributed by atoms with van der Waals surface area (Å²) in [6.45, 7) is 7.87. The second-order valence-corrected chi connectivity index (χ2v) is 6.13. The van der Waals surface area contributed by atoms with Gasteiger partial charge in [-0.15, -0.1) is 0 Å². The molecule has 138 valence electrons. The van der Waals surface area contributed by atoms with E-state index in [9.17, 15) is 9.59 Å². The van der Waals surface area contributed by atoms with Crippen molar-refractivity contribution >= 4 is 17.5 Å². The minimum absolute atomic E-state index is 0.0934. The second kappa shape index (κ2) is 8.03. The Morgan fingerprint density at radius 3 is 2.31 bits per heavy atom. The Hall–Kier alpha value is -2.83. The van der Waals surface area contributed by atoms with Crippen LogP contribution in [0.5, 0.6) is 0 Å². The summed E-state index contributed by atoms with van der Waals surface area (Å²) in [5, 5.41) is 0. The lowest BCUT2D eigenvalue weighted by atomic mass is 10.2. The first-order chi connectivity index (χ1) is 12.6. The molecule has 7 heteroatoms. The molecule has 0 saturated carbocycles. The first kappa shape index (κ1) is 18.0. The van der Waals surface area contributed by atoms with Gasteiger partial charge in [-0.05, 0) is 38.1 Å². The van der Waals surface area contributed by atoms with Crippen molar-refractivity contribution in [1.29, 1.82) is 0 Å². The molecular weight excluding hydrogens is 332 g/mol. The summed E-state index contributed by atoms with van der Waals surface area (Å²) in [5.41, 5.74) is 1.44. The summed E-state index contributed by atoms with van der Waals surface area (Å²) in [6.07, 6.45) is 3.17. The van der Waals surface area contributed by atoms with Crippen LogP contribution < -0.4 is 4.90 Å². The molecule has 2 aromatic heterocycles. The summed E-state index contributed by atoms with van der Waals surface area (Å²) >= 11 is 0. The van der Waals surface area contributed by atoms with Gasteiger partial charge >= 0.3 is 0 Å². The Bertz CT molecular complexity index is 748. The topological polar surface area (TPSA) is 69.9 Å². The van der Waals surface area contributed by atoms with Crippen LogP contribution in [0.2, 0.25) is 0 Å². The van der Waals surface area contributed by atoms with Crippen LogP contribution in [0.3, 0.4) is 0 Å². The Labute approximate surface area is 153 Å². The highest BCUT2D eigenvalue weighted by molar-refractivity contribution is 5.94. The summed E-state index contributed by atoms with van der Waals surface area (Å²) in [4.78, 5) is 35.0. The maximum Gasteiger partial charge on any atom is 0.289 e. The van der Waals surface area contributed by atoms with E-state index in [2.05, 4.69) is 23.7 Å². The SMILES string of the molecule is CCN(CC)c1ccnc(C(=O)N2CCN(C(=O)c3ccco3)CC2)c1. The minimum Gasteiger partial charge on any atom is -0.459 e. The largest absolute Gasteiger partial charge is 0.459 e. The zero-order chi connectivity index (χ0) is 18.5. The Balaban J connectivity index is 1.63. The zero-order valence-corrected chi connectivity index (χ0v) is 15.2. The van der Waals surface area contributed by atoms with E-state index in [-0.39, 0.29) is 11.8 Å². The average Bonchev–Trinajstić information content (AvgIpc) is 3.23. The fraction of sp³-hybridized carbons (Fsp3) is 0.421. The molecule has 0 spiro atoms. The van der Waals surface area contributed by atoms with E-state index in [0.29, 0.717) is 37.6 Å². The van der Waals surface area contributed by atoms with Gasteiger partial charge in [0.05, 0.1) is 6.26 Å². The number of carbonyl (C=O) groups is 2. The van der Waals surface area contributed by atoms with Gasteiger partial charge in [-0.1, -0.05) is 0 Å². The van der Waals surface area contributed by atoms with Gasteiger partial charge in [-0.25, -0.2) is 0 Å². The lowest BCUT2D eigenvalue weighted by Crippen LogP contribution is -2.50. The number of nitrogens with zero attached hydrogens (tertiary/aromatic N) is 4. The van der Waals surface area contributed by atoms with Crippen LogP contribution in [0, 0.1) is 0 Å². The van der Waals surface area contributed by atoms with E-state index in [0.717, 1.165) is 18.8 Å². The third kappa shape index (κ3) is 3.71. The van der Waals surface area contributed by atoms with Gasteiger partial charge in [0.2, 0.25) is 0 Å². The molecule has 0 unspecified atom stereocenters. The Morgan fingerprint density at radius 1 is 1.08 bits per heavy atom. The number of carbonyl (C=O) groups excluding carboxylic acids is 2. The predicted octanol–water partition coefficient (Wildman–Crippen LogP) is 2.12. The van der Waals surface area contributed by atoms with Gasteiger partial charge in [-0.2, -0.15) is 0 Å². The van der Waals surface area contributed by atoms with Crippen LogP contribution in [-0.2, 0) is 0 Å². The number of hydrogen-bond donors (Lipinski definition) is 0. The van der Waals surface area contributed by atoms with Crippen molar-refractivity contribution in [3.8, 4) is 0 Å². The van der Waals surface area contributed by atoms with E-state index in [1.54, 1.807) is 28.1 Å². The number of anilines is 1. The van der Waals surface area contributed by atoms with Gasteiger partial charge in [0.15, 0.2) is 5.76 Å². The number of pyridine rings is 1. The van der Waals surface area contributed by atoms with E-state index in [1.165, 1.54) is 6.26 Å². The fourth-order valence-electron chi connectivity index (χ4n) is 3.15. The summed E-state index contributed by atoms with van der Waals surface area (Å²) in [7, 11) is 0. The molecule has 0 aliphatic carbocycles. The average molecular weight is 356 g/mol. The molecule has 3 heterocycles. The highest BCUT2D eigenvalue weighted by atomic mass is 16.3. The maximum atomic E-state index is 12.8. The summed E-state index contributed by atoms with van der Waals surface area (Å²) < 4.78 is 5.16. The van der Waals surface area contributed by atoms with E-state index < -0.39 is 0 Å². The molecule has 2 amide bonds. The Kier molecular flexibility index (Phi) is 5.55. The van der Waals surface area contributed by atoms with Gasteiger partial charge in [0.25, 0.3) is 11.8 Å². The number of aromatic nitrogens is 1. The number of furan rings is 1. The van der Waals surface area contributed by atoms with Crippen LogP contribution in [0.1, 0.15) is 34.9 Å². The Morgan fingerprint density at radius 2 is 1.73 bits per heavy atom. The number of rotatable bonds is 5. The summed E-state index contributed by atoms with van der Waals surface area (Å²) in [6, 6.07) is 7.11. The second-order valence-electron chi connectivity index (χ2n) is 6.13. The molecule has 0 aromatic carbocycles. The first-order valence-electron chi connectivity index (χ1n) is 8.97. The van der Waals surface area contributed by atoms with Crippen molar-refractivity contribution in [2.24, 2.45) is 0 Å². The van der Waals surface area contributed by atoms with Crippen molar-refractivity contribution in [3.05, 3.63) is 48.2 Å². The molecule has 1 fully saturated rings. The van der Waals surface area contributed by atoms with E-state index in [1.807, 2.05) is 12.1 Å². The van der Waals surface area contributed by atoms with Gasteiger partial charge < -0.3 is 19.1 Å². The number of amides is 2. The molecule has 0 atom stereocenters. The first-order valence-corrected chi connectivity index (χ1v) is 8.97. The van der Waals surface area contributed by atoms with Crippen molar-refractivity contribution in [3.63, 3.8) is 0 Å². The van der Waals surface area contributed by atoms with Gasteiger partial charge in [0, 0.05) is 51.2 Å². The van der Waals surface area contributed by atoms with Crippen molar-refractivity contribution in [1.82, 2.24) is 14.8 Å². The van der Waals surface area contributed by atoms with Crippen LogP contribution in [0.4, 0.5) is 5.69 Å². The van der Waals surface area contributed by atoms with Crippen LogP contribution in [-0.4, -0.2) is 65.9 Å². The molecule has 0 radical (unpaired) electrons. The molecule has 7 nitrogen and oxygen atoms in total. The molecule has 0 N–H and O–H groups in total. The molecule has 2 aromatic rings. The molecule has 1 aliphatic rings. The smallest absolute Gasteiger partial charge is 0.289 e. The zero-order valence-electron chi connectivity index (χ0n) is 15.2. The van der Waals surface area contributed by atoms with Crippen LogP contribution >= 0.6 is 0 Å². The lowest BCUT2D eigenvalue weighted by molar-refractivity contribution is 0.0515. The number of piperazine rings is 1.